The van der Waals surface area contributed by atoms with E-state index >= 15 is 0 Å². The summed E-state index contributed by atoms with van der Waals surface area (Å²) in [4.78, 5) is 29.4. The van der Waals surface area contributed by atoms with E-state index in [9.17, 15) is 9.59 Å². The Balaban J connectivity index is 1.28. The van der Waals surface area contributed by atoms with Crippen LogP contribution in [0.1, 0.15) is 86.0 Å². The zero-order valence-electron chi connectivity index (χ0n) is 24.1. The molecule has 8 heteroatoms. The number of nitrogens with zero attached hydrogens (tertiary/aromatic N) is 4. The second-order valence-electron chi connectivity index (χ2n) is 12.6. The average Bonchev–Trinajstić information content (AvgIpc) is 3.63. The summed E-state index contributed by atoms with van der Waals surface area (Å²) in [6.07, 6.45) is 6.42. The number of H-pyrrole nitrogens is 1. The Labute approximate surface area is 240 Å². The molecule has 2 amide bonds. The van der Waals surface area contributed by atoms with Gasteiger partial charge < -0.3 is 4.90 Å². The van der Waals surface area contributed by atoms with Crippen molar-refractivity contribution in [2.45, 2.75) is 77.8 Å². The van der Waals surface area contributed by atoms with E-state index in [0.29, 0.717) is 17.9 Å². The van der Waals surface area contributed by atoms with Crippen molar-refractivity contribution in [2.75, 3.05) is 5.32 Å². The number of aryl methyl sites for hydroxylation is 1. The largest absolute Gasteiger partial charge is 0.332 e. The lowest BCUT2D eigenvalue weighted by molar-refractivity contribution is -0.137. The minimum absolute atomic E-state index is 0.0120. The molecule has 0 saturated heterocycles. The summed E-state index contributed by atoms with van der Waals surface area (Å²) in [5, 5.41) is 18.4. The highest BCUT2D eigenvalue weighted by molar-refractivity contribution is 6.03. The van der Waals surface area contributed by atoms with E-state index in [4.69, 9.17) is 0 Å². The number of carbonyl (C=O) groups is 2. The zero-order chi connectivity index (χ0) is 28.6. The second-order valence-corrected chi connectivity index (χ2v) is 12.6. The lowest BCUT2D eigenvalue weighted by atomic mass is 9.71. The highest BCUT2D eigenvalue weighted by Crippen LogP contribution is 2.44. The summed E-state index contributed by atoms with van der Waals surface area (Å²) >= 11 is 0. The normalized spacial score (nSPS) is 20.5. The quantitative estimate of drug-likeness (QED) is 0.295. The van der Waals surface area contributed by atoms with E-state index in [-0.39, 0.29) is 35.3 Å². The van der Waals surface area contributed by atoms with Crippen molar-refractivity contribution in [3.8, 4) is 0 Å². The molecule has 6 rings (SSSR count). The van der Waals surface area contributed by atoms with Crippen molar-refractivity contribution >= 4 is 28.5 Å². The molecular weight excluding hydrogens is 512 g/mol. The zero-order valence-corrected chi connectivity index (χ0v) is 24.1. The number of anilines is 1. The van der Waals surface area contributed by atoms with E-state index in [1.165, 1.54) is 0 Å². The number of rotatable bonds is 6. The number of carbonyl (C=O) groups excluding carboxylic acids is 2. The first kappa shape index (κ1) is 27.1. The SMILES string of the molecule is CC(C)(C)C1CCC(N(C(=O)Cc2cccc3ccccc23)C2CCc3cc(C(=O)Nc4nn[nH]n4)ccc32)CC1. The van der Waals surface area contributed by atoms with Crippen LogP contribution < -0.4 is 5.32 Å². The molecule has 1 atom stereocenters. The third kappa shape index (κ3) is 5.60. The minimum atomic E-state index is -0.276. The van der Waals surface area contributed by atoms with Gasteiger partial charge in [-0.05, 0) is 94.7 Å². The Morgan fingerprint density at radius 1 is 0.976 bits per heavy atom. The molecule has 212 valence electrons. The predicted octanol–water partition coefficient (Wildman–Crippen LogP) is 6.27. The highest BCUT2D eigenvalue weighted by atomic mass is 16.2. The number of tetrazole rings is 1. The van der Waals surface area contributed by atoms with E-state index in [2.05, 4.69) is 81.9 Å². The average molecular weight is 551 g/mol. The van der Waals surface area contributed by atoms with Crippen LogP contribution in [0.3, 0.4) is 0 Å². The van der Waals surface area contributed by atoms with Gasteiger partial charge in [-0.15, -0.1) is 5.10 Å². The Bertz CT molecular complexity index is 1540. The molecule has 41 heavy (non-hydrogen) atoms. The lowest BCUT2D eigenvalue weighted by Gasteiger charge is -2.43. The predicted molar refractivity (Wildman–Crippen MR) is 159 cm³/mol. The Morgan fingerprint density at radius 3 is 2.51 bits per heavy atom. The maximum Gasteiger partial charge on any atom is 0.270 e. The molecule has 1 fully saturated rings. The van der Waals surface area contributed by atoms with Crippen LogP contribution in [0.25, 0.3) is 10.8 Å². The van der Waals surface area contributed by atoms with Gasteiger partial charge in [-0.3, -0.25) is 14.9 Å². The van der Waals surface area contributed by atoms with Crippen LogP contribution >= 0.6 is 0 Å². The van der Waals surface area contributed by atoms with Crippen LogP contribution in [-0.4, -0.2) is 43.4 Å². The Hall–Kier alpha value is -4.07. The Morgan fingerprint density at radius 2 is 1.76 bits per heavy atom. The summed E-state index contributed by atoms with van der Waals surface area (Å²) in [7, 11) is 0. The molecule has 1 aromatic heterocycles. The maximum absolute atomic E-state index is 14.3. The Kier molecular flexibility index (Phi) is 7.32. The van der Waals surface area contributed by atoms with Gasteiger partial charge in [0.05, 0.1) is 12.5 Å². The number of hydrogen-bond donors (Lipinski definition) is 2. The molecule has 0 aliphatic heterocycles. The highest BCUT2D eigenvalue weighted by Gasteiger charge is 2.39. The molecule has 0 spiro atoms. The molecule has 4 aromatic rings. The fourth-order valence-electron chi connectivity index (χ4n) is 6.97. The van der Waals surface area contributed by atoms with Crippen molar-refractivity contribution < 1.29 is 9.59 Å². The van der Waals surface area contributed by atoms with Crippen LogP contribution in [0.15, 0.2) is 60.7 Å². The van der Waals surface area contributed by atoms with E-state index in [1.807, 2.05) is 30.3 Å². The van der Waals surface area contributed by atoms with Gasteiger partial charge in [0.1, 0.15) is 0 Å². The van der Waals surface area contributed by atoms with Gasteiger partial charge in [0.25, 0.3) is 11.9 Å². The van der Waals surface area contributed by atoms with Crippen molar-refractivity contribution in [3.05, 3.63) is 82.9 Å². The third-order valence-electron chi connectivity index (χ3n) is 9.18. The monoisotopic (exact) mass is 550 g/mol. The molecule has 0 bridgehead atoms. The molecular formula is C33H38N6O2. The summed E-state index contributed by atoms with van der Waals surface area (Å²) in [5.74, 6) is 0.730. The fraction of sp³-hybridized carbons (Fsp3) is 0.424. The minimum Gasteiger partial charge on any atom is -0.332 e. The summed E-state index contributed by atoms with van der Waals surface area (Å²) < 4.78 is 0. The maximum atomic E-state index is 14.3. The number of nitrogens with one attached hydrogen (secondary N) is 2. The van der Waals surface area contributed by atoms with Gasteiger partial charge in [0.2, 0.25) is 5.91 Å². The van der Waals surface area contributed by atoms with Crippen molar-refractivity contribution in [1.82, 2.24) is 25.5 Å². The third-order valence-corrected chi connectivity index (χ3v) is 9.18. The van der Waals surface area contributed by atoms with Gasteiger partial charge in [0.15, 0.2) is 0 Å². The molecule has 0 radical (unpaired) electrons. The molecule has 2 aliphatic rings. The second kappa shape index (κ2) is 11.1. The van der Waals surface area contributed by atoms with Gasteiger partial charge in [-0.2, -0.15) is 5.21 Å². The van der Waals surface area contributed by atoms with Crippen molar-refractivity contribution in [1.29, 1.82) is 0 Å². The number of fused-ring (bicyclic) bond motifs is 2. The molecule has 2 aliphatic carbocycles. The molecule has 1 saturated carbocycles. The van der Waals surface area contributed by atoms with Crippen LogP contribution in [0, 0.1) is 11.3 Å². The molecule has 1 unspecified atom stereocenters. The van der Waals surface area contributed by atoms with E-state index in [0.717, 1.165) is 66.0 Å². The van der Waals surface area contributed by atoms with Gasteiger partial charge in [-0.1, -0.05) is 74.4 Å². The summed E-state index contributed by atoms with van der Waals surface area (Å²) in [6.45, 7) is 7.00. The van der Waals surface area contributed by atoms with Crippen LogP contribution in [0.4, 0.5) is 5.95 Å². The van der Waals surface area contributed by atoms with Crippen LogP contribution in [0.5, 0.6) is 0 Å². The first-order valence-electron chi connectivity index (χ1n) is 14.7. The summed E-state index contributed by atoms with van der Waals surface area (Å²) in [6, 6.07) is 20.6. The number of benzene rings is 3. The fourth-order valence-corrected chi connectivity index (χ4v) is 6.97. The lowest BCUT2D eigenvalue weighted by Crippen LogP contribution is -2.45. The van der Waals surface area contributed by atoms with Crippen LogP contribution in [-0.2, 0) is 17.6 Å². The van der Waals surface area contributed by atoms with Gasteiger partial charge in [-0.25, -0.2) is 0 Å². The van der Waals surface area contributed by atoms with Gasteiger partial charge >= 0.3 is 0 Å². The van der Waals surface area contributed by atoms with E-state index in [1.54, 1.807) is 0 Å². The number of aromatic amines is 1. The van der Waals surface area contributed by atoms with Crippen molar-refractivity contribution in [3.63, 3.8) is 0 Å². The summed E-state index contributed by atoms with van der Waals surface area (Å²) in [5.41, 5.74) is 4.19. The van der Waals surface area contributed by atoms with E-state index < -0.39 is 0 Å². The smallest absolute Gasteiger partial charge is 0.270 e. The standard InChI is InChI=1S/C33H38N6O2/c1-33(2,3)25-13-15-26(16-14-25)39(30(40)20-22-9-6-8-21-7-4-5-10-27(21)22)29-18-12-23-19-24(11-17-28(23)29)31(41)34-32-35-37-38-36-32/h4-11,17,19,25-26,29H,12-16,18,20H2,1-3H3,(H2,34,35,36,37,38,41). The first-order chi connectivity index (χ1) is 19.8. The number of aromatic nitrogens is 4. The van der Waals surface area contributed by atoms with Crippen LogP contribution in [0.2, 0.25) is 0 Å². The van der Waals surface area contributed by atoms with Crippen molar-refractivity contribution in [2.24, 2.45) is 11.3 Å². The molecule has 2 N–H and O–H groups in total. The molecule has 1 heterocycles. The molecule has 3 aromatic carbocycles. The number of amides is 2. The number of hydrogen-bond acceptors (Lipinski definition) is 5. The topological polar surface area (TPSA) is 104 Å². The molecule has 8 nitrogen and oxygen atoms in total. The van der Waals surface area contributed by atoms with Gasteiger partial charge in [0, 0.05) is 11.6 Å². The first-order valence-corrected chi connectivity index (χ1v) is 14.7.